The van der Waals surface area contributed by atoms with E-state index in [-0.39, 0.29) is 5.88 Å². The van der Waals surface area contributed by atoms with E-state index in [1.165, 1.54) is 12.5 Å². The van der Waals surface area contributed by atoms with Gasteiger partial charge in [-0.25, -0.2) is 0 Å². The van der Waals surface area contributed by atoms with E-state index >= 15 is 0 Å². The fraction of sp³-hybridized carbons (Fsp3) is 0.583. The lowest BCUT2D eigenvalue weighted by atomic mass is 10.00. The second-order valence-electron chi connectivity index (χ2n) is 4.69. The maximum absolute atomic E-state index is 10.5. The fourth-order valence-electron chi connectivity index (χ4n) is 2.27. The fourth-order valence-corrected chi connectivity index (χ4v) is 2.27. The first-order valence-electron chi connectivity index (χ1n) is 6.14. The molecule has 0 radical (unpaired) electrons. The van der Waals surface area contributed by atoms with Crippen LogP contribution in [0, 0.1) is 10.1 Å². The van der Waals surface area contributed by atoms with Crippen LogP contribution in [0.2, 0.25) is 0 Å². The predicted molar refractivity (Wildman–Crippen MR) is 67.6 cm³/mol. The number of hydrogen-bond acceptors (Lipinski definition) is 5. The maximum atomic E-state index is 10.5. The van der Waals surface area contributed by atoms with Gasteiger partial charge in [-0.15, -0.1) is 0 Å². The van der Waals surface area contributed by atoms with Crippen molar-refractivity contribution in [3.63, 3.8) is 0 Å². The highest BCUT2D eigenvalue weighted by molar-refractivity contribution is 5.76. The normalized spacial score (nSPS) is 24.7. The Morgan fingerprint density at radius 1 is 1.44 bits per heavy atom. The molecule has 0 aromatic carbocycles. The van der Waals surface area contributed by atoms with Crippen LogP contribution in [0.25, 0.3) is 0 Å². The van der Waals surface area contributed by atoms with Crippen LogP contribution in [0.1, 0.15) is 38.9 Å². The number of furan rings is 1. The molecule has 1 aliphatic heterocycles. The predicted octanol–water partition coefficient (Wildman–Crippen LogP) is 2.78. The molecule has 18 heavy (non-hydrogen) atoms. The summed E-state index contributed by atoms with van der Waals surface area (Å²) in [7, 11) is 0. The van der Waals surface area contributed by atoms with Gasteiger partial charge in [0.05, 0.1) is 12.3 Å². The first kappa shape index (κ1) is 12.6. The second-order valence-corrected chi connectivity index (χ2v) is 4.69. The molecule has 0 amide bonds. The van der Waals surface area contributed by atoms with Crippen LogP contribution in [-0.2, 0) is 0 Å². The third-order valence-corrected chi connectivity index (χ3v) is 3.26. The van der Waals surface area contributed by atoms with E-state index in [9.17, 15) is 10.1 Å². The zero-order valence-electron chi connectivity index (χ0n) is 10.6. The van der Waals surface area contributed by atoms with Gasteiger partial charge in [0.15, 0.2) is 5.76 Å². The average Bonchev–Trinajstić information content (AvgIpc) is 2.77. The van der Waals surface area contributed by atoms with E-state index < -0.39 is 4.92 Å². The van der Waals surface area contributed by atoms with Crippen molar-refractivity contribution in [2.24, 2.45) is 5.10 Å². The van der Waals surface area contributed by atoms with Crippen molar-refractivity contribution in [3.8, 4) is 0 Å². The molecule has 6 nitrogen and oxygen atoms in total. The first-order valence-corrected chi connectivity index (χ1v) is 6.14. The lowest BCUT2D eigenvalue weighted by molar-refractivity contribution is -0.402. The van der Waals surface area contributed by atoms with E-state index in [0.717, 1.165) is 12.8 Å². The molecule has 2 rings (SSSR count). The van der Waals surface area contributed by atoms with Gasteiger partial charge in [0.2, 0.25) is 0 Å². The van der Waals surface area contributed by atoms with Crippen molar-refractivity contribution < 1.29 is 9.34 Å². The van der Waals surface area contributed by atoms with E-state index in [2.05, 4.69) is 18.9 Å². The Morgan fingerprint density at radius 2 is 2.11 bits per heavy atom. The van der Waals surface area contributed by atoms with Crippen LogP contribution >= 0.6 is 0 Å². The summed E-state index contributed by atoms with van der Waals surface area (Å²) in [5.74, 6) is 0.155. The molecule has 2 atom stereocenters. The Morgan fingerprint density at radius 3 is 2.67 bits per heavy atom. The SMILES string of the molecule is CC1CCCC(C)N1N=Cc1ccc([N+](=O)[O-])o1. The zero-order chi connectivity index (χ0) is 13.1. The third-order valence-electron chi connectivity index (χ3n) is 3.26. The van der Waals surface area contributed by atoms with E-state index in [4.69, 9.17) is 4.42 Å². The van der Waals surface area contributed by atoms with Crippen molar-refractivity contribution in [3.05, 3.63) is 28.0 Å². The maximum Gasteiger partial charge on any atom is 0.433 e. The lowest BCUT2D eigenvalue weighted by Gasteiger charge is -2.36. The highest BCUT2D eigenvalue weighted by Gasteiger charge is 2.22. The molecule has 1 aromatic rings. The van der Waals surface area contributed by atoms with E-state index in [1.54, 1.807) is 12.3 Å². The summed E-state index contributed by atoms with van der Waals surface area (Å²) in [6.07, 6.45) is 5.02. The molecule has 1 aromatic heterocycles. The molecular weight excluding hydrogens is 234 g/mol. The summed E-state index contributed by atoms with van der Waals surface area (Å²) in [5, 5.41) is 16.9. The smallest absolute Gasteiger partial charge is 0.400 e. The Hall–Kier alpha value is -1.85. The van der Waals surface area contributed by atoms with E-state index in [0.29, 0.717) is 17.8 Å². The molecule has 0 N–H and O–H groups in total. The van der Waals surface area contributed by atoms with Gasteiger partial charge in [0, 0.05) is 12.1 Å². The molecule has 98 valence electrons. The molecule has 1 aliphatic rings. The summed E-state index contributed by atoms with van der Waals surface area (Å²) in [6.45, 7) is 4.27. The Labute approximate surface area is 105 Å². The van der Waals surface area contributed by atoms with Crippen molar-refractivity contribution in [2.75, 3.05) is 0 Å². The van der Waals surface area contributed by atoms with Crippen LogP contribution in [0.15, 0.2) is 21.7 Å². The Kier molecular flexibility index (Phi) is 3.64. The Bertz CT molecular complexity index is 445. The van der Waals surface area contributed by atoms with Gasteiger partial charge in [-0.1, -0.05) is 0 Å². The number of rotatable bonds is 3. The summed E-state index contributed by atoms with van der Waals surface area (Å²) < 4.78 is 5.03. The van der Waals surface area contributed by atoms with Crippen LogP contribution in [-0.4, -0.2) is 28.2 Å². The second kappa shape index (κ2) is 5.20. The summed E-state index contributed by atoms with van der Waals surface area (Å²) in [6, 6.07) is 3.69. The van der Waals surface area contributed by atoms with Crippen molar-refractivity contribution in [2.45, 2.75) is 45.2 Å². The van der Waals surface area contributed by atoms with E-state index in [1.807, 2.05) is 5.01 Å². The van der Waals surface area contributed by atoms with Gasteiger partial charge in [-0.05, 0) is 39.2 Å². The van der Waals surface area contributed by atoms with Gasteiger partial charge in [-0.2, -0.15) is 5.10 Å². The summed E-state index contributed by atoms with van der Waals surface area (Å²) in [4.78, 5) is 9.93. The number of nitro groups is 1. The van der Waals surface area contributed by atoms with Crippen molar-refractivity contribution >= 4 is 12.1 Å². The standard InChI is InChI=1S/C12H17N3O3/c1-9-4-3-5-10(2)14(9)13-8-11-6-7-12(18-11)15(16)17/h6-10H,3-5H2,1-2H3. The summed E-state index contributed by atoms with van der Waals surface area (Å²) >= 11 is 0. The van der Waals surface area contributed by atoms with Crippen LogP contribution in [0.3, 0.4) is 0 Å². The third kappa shape index (κ3) is 2.69. The quantitative estimate of drug-likeness (QED) is 0.470. The lowest BCUT2D eigenvalue weighted by Crippen LogP contribution is -2.39. The molecule has 2 unspecified atom stereocenters. The molecule has 6 heteroatoms. The minimum absolute atomic E-state index is 0.254. The molecule has 0 bridgehead atoms. The molecule has 0 saturated carbocycles. The number of nitrogens with zero attached hydrogens (tertiary/aromatic N) is 3. The minimum atomic E-state index is -0.552. The van der Waals surface area contributed by atoms with Gasteiger partial charge >= 0.3 is 5.88 Å². The number of piperidine rings is 1. The largest absolute Gasteiger partial charge is 0.433 e. The summed E-state index contributed by atoms with van der Waals surface area (Å²) in [5.41, 5.74) is 0. The molecule has 2 heterocycles. The number of hydrogen-bond donors (Lipinski definition) is 0. The Balaban J connectivity index is 2.06. The molecule has 1 saturated heterocycles. The van der Waals surface area contributed by atoms with Gasteiger partial charge in [-0.3, -0.25) is 15.1 Å². The first-order chi connectivity index (χ1) is 8.58. The molecule has 0 spiro atoms. The van der Waals surface area contributed by atoms with Crippen molar-refractivity contribution in [1.29, 1.82) is 0 Å². The zero-order valence-corrected chi connectivity index (χ0v) is 10.6. The van der Waals surface area contributed by atoms with Gasteiger partial charge in [0.25, 0.3) is 0 Å². The van der Waals surface area contributed by atoms with Crippen LogP contribution in [0.4, 0.5) is 5.88 Å². The molecule has 1 fully saturated rings. The highest BCUT2D eigenvalue weighted by Crippen LogP contribution is 2.22. The molecular formula is C12H17N3O3. The van der Waals surface area contributed by atoms with Gasteiger partial charge in [0.1, 0.15) is 4.92 Å². The van der Waals surface area contributed by atoms with Gasteiger partial charge < -0.3 is 4.42 Å². The minimum Gasteiger partial charge on any atom is -0.400 e. The highest BCUT2D eigenvalue weighted by atomic mass is 16.6. The monoisotopic (exact) mass is 251 g/mol. The van der Waals surface area contributed by atoms with Crippen LogP contribution in [0.5, 0.6) is 0 Å². The topological polar surface area (TPSA) is 71.9 Å². The van der Waals surface area contributed by atoms with Crippen LogP contribution < -0.4 is 0 Å². The molecule has 0 aliphatic carbocycles. The van der Waals surface area contributed by atoms with Crippen molar-refractivity contribution in [1.82, 2.24) is 5.01 Å². The average molecular weight is 251 g/mol. The number of hydrazone groups is 1.